The van der Waals surface area contributed by atoms with Crippen LogP contribution in [0, 0.1) is 24.6 Å². The number of aryl methyl sites for hydroxylation is 2. The second-order valence-electron chi connectivity index (χ2n) is 9.37. The van der Waals surface area contributed by atoms with E-state index >= 15 is 0 Å². The predicted molar refractivity (Wildman–Crippen MR) is 117 cm³/mol. The van der Waals surface area contributed by atoms with E-state index in [4.69, 9.17) is 9.15 Å². The van der Waals surface area contributed by atoms with Gasteiger partial charge in [-0.1, -0.05) is 0 Å². The highest BCUT2D eigenvalue weighted by molar-refractivity contribution is 6.03. The van der Waals surface area contributed by atoms with Crippen LogP contribution < -0.4 is 15.0 Å². The number of carbonyl (C=O) groups excluding carboxylic acids is 1. The molecule has 6 nitrogen and oxygen atoms in total. The summed E-state index contributed by atoms with van der Waals surface area (Å²) in [4.78, 5) is 19.1. The van der Waals surface area contributed by atoms with Gasteiger partial charge in [0.15, 0.2) is 17.3 Å². The van der Waals surface area contributed by atoms with Gasteiger partial charge in [-0.25, -0.2) is 4.39 Å². The monoisotopic (exact) mass is 445 g/mol. The molecule has 1 aromatic heterocycles. The van der Waals surface area contributed by atoms with Crippen molar-refractivity contribution in [2.45, 2.75) is 58.0 Å². The third-order valence-electron chi connectivity index (χ3n) is 6.90. The number of aromatic nitrogens is 1. The molecule has 0 radical (unpaired) electrons. The smallest absolute Gasteiger partial charge is 0.298 e. The van der Waals surface area contributed by atoms with Gasteiger partial charge in [-0.3, -0.25) is 9.18 Å². The van der Waals surface area contributed by atoms with Crippen LogP contribution in [-0.2, 0) is 6.42 Å². The first-order valence-corrected chi connectivity index (χ1v) is 11.6. The molecule has 3 aliphatic carbocycles. The zero-order valence-electron chi connectivity index (χ0n) is 18.3. The van der Waals surface area contributed by atoms with Gasteiger partial charge in [-0.05, 0) is 68.9 Å². The average Bonchev–Trinajstić information content (AvgIpc) is 3.41. The highest BCUT2D eigenvalue weighted by atomic mass is 19.1. The van der Waals surface area contributed by atoms with Gasteiger partial charge in [0.2, 0.25) is 0 Å². The lowest BCUT2D eigenvalue weighted by molar-refractivity contribution is 0.0109. The number of alkyl halides is 1. The third-order valence-corrected chi connectivity index (χ3v) is 6.90. The SMILES string of the molecule is Cc1cc(NC(=O)c2nc(N3CCCC3)oc2CCF)cc(F)c1OC1CC2CC(C2)C1. The summed E-state index contributed by atoms with van der Waals surface area (Å²) < 4.78 is 39.6. The van der Waals surface area contributed by atoms with Crippen molar-refractivity contribution in [1.29, 1.82) is 0 Å². The molecule has 0 spiro atoms. The maximum absolute atomic E-state index is 14.9. The lowest BCUT2D eigenvalue weighted by Crippen LogP contribution is -2.39. The molecule has 3 saturated carbocycles. The van der Waals surface area contributed by atoms with E-state index in [1.165, 1.54) is 18.9 Å². The summed E-state index contributed by atoms with van der Waals surface area (Å²) in [7, 11) is 0. The molecule has 2 aromatic rings. The maximum atomic E-state index is 14.9. The highest BCUT2D eigenvalue weighted by Crippen LogP contribution is 2.47. The summed E-state index contributed by atoms with van der Waals surface area (Å²) in [6.07, 6.45) is 6.59. The minimum Gasteiger partial charge on any atom is -0.487 e. The summed E-state index contributed by atoms with van der Waals surface area (Å²) in [6.45, 7) is 2.71. The Balaban J connectivity index is 1.30. The molecule has 2 bridgehead atoms. The van der Waals surface area contributed by atoms with Crippen LogP contribution >= 0.6 is 0 Å². The molecule has 2 heterocycles. The Morgan fingerprint density at radius 3 is 2.59 bits per heavy atom. The Morgan fingerprint density at radius 1 is 1.22 bits per heavy atom. The molecule has 0 unspecified atom stereocenters. The number of amides is 1. The van der Waals surface area contributed by atoms with Gasteiger partial charge < -0.3 is 19.4 Å². The number of carbonyl (C=O) groups is 1. The fourth-order valence-electron chi connectivity index (χ4n) is 5.32. The number of nitrogens with zero attached hydrogens (tertiary/aromatic N) is 2. The van der Waals surface area contributed by atoms with Crippen molar-refractivity contribution in [2.24, 2.45) is 11.8 Å². The van der Waals surface area contributed by atoms with E-state index in [9.17, 15) is 13.6 Å². The molecular weight excluding hydrogens is 416 g/mol. The first-order valence-electron chi connectivity index (χ1n) is 11.6. The molecule has 1 amide bonds. The Kier molecular flexibility index (Phi) is 5.78. The summed E-state index contributed by atoms with van der Waals surface area (Å²) in [5.41, 5.74) is 0.978. The zero-order valence-corrected chi connectivity index (χ0v) is 18.3. The molecule has 1 aromatic carbocycles. The molecule has 1 aliphatic heterocycles. The van der Waals surface area contributed by atoms with Crippen LogP contribution in [0.5, 0.6) is 5.75 Å². The van der Waals surface area contributed by atoms with E-state index in [0.29, 0.717) is 29.1 Å². The number of rotatable bonds is 7. The predicted octanol–water partition coefficient (Wildman–Crippen LogP) is 5.05. The summed E-state index contributed by atoms with van der Waals surface area (Å²) in [5.74, 6) is 0.855. The van der Waals surface area contributed by atoms with E-state index in [1.807, 2.05) is 4.90 Å². The fourth-order valence-corrected chi connectivity index (χ4v) is 5.32. The van der Waals surface area contributed by atoms with Crippen molar-refractivity contribution in [2.75, 3.05) is 30.0 Å². The Morgan fingerprint density at radius 2 is 1.94 bits per heavy atom. The maximum Gasteiger partial charge on any atom is 0.298 e. The molecule has 8 heteroatoms. The van der Waals surface area contributed by atoms with Gasteiger partial charge >= 0.3 is 0 Å². The van der Waals surface area contributed by atoms with Gasteiger partial charge in [0.05, 0.1) is 12.8 Å². The van der Waals surface area contributed by atoms with E-state index < -0.39 is 18.4 Å². The molecule has 0 atom stereocenters. The fraction of sp³-hybridized carbons (Fsp3) is 0.583. The first-order chi connectivity index (χ1) is 15.5. The van der Waals surface area contributed by atoms with Crippen molar-refractivity contribution >= 4 is 17.6 Å². The Bertz CT molecular complexity index is 963. The highest BCUT2D eigenvalue weighted by Gasteiger charge is 2.39. The van der Waals surface area contributed by atoms with Crippen molar-refractivity contribution in [3.05, 3.63) is 35.0 Å². The molecule has 4 fully saturated rings. The standard InChI is InChI=1S/C24H29F2N3O3/c1-14-8-17(13-19(26)22(14)31-18-11-15-9-16(10-15)12-18)27-23(30)21-20(4-5-25)32-24(28-21)29-6-2-3-7-29/h8,13,15-16,18H,2-7,9-12H2,1H3,(H,27,30). The normalized spacial score (nSPS) is 24.3. The second kappa shape index (κ2) is 8.71. The number of nitrogens with one attached hydrogen (secondary N) is 1. The number of halogens is 2. The van der Waals surface area contributed by atoms with Gasteiger partial charge in [-0.15, -0.1) is 0 Å². The number of anilines is 2. The third kappa shape index (κ3) is 4.19. The van der Waals surface area contributed by atoms with Crippen molar-refractivity contribution in [3.63, 3.8) is 0 Å². The summed E-state index contributed by atoms with van der Waals surface area (Å²) in [5, 5.41) is 2.69. The molecule has 1 saturated heterocycles. The van der Waals surface area contributed by atoms with Crippen molar-refractivity contribution in [1.82, 2.24) is 4.98 Å². The van der Waals surface area contributed by atoms with E-state index in [2.05, 4.69) is 10.3 Å². The van der Waals surface area contributed by atoms with Crippen LogP contribution in [0.3, 0.4) is 0 Å². The number of fused-ring (bicyclic) bond motifs is 2. The first kappa shape index (κ1) is 21.2. The molecule has 172 valence electrons. The van der Waals surface area contributed by atoms with Gasteiger partial charge in [0, 0.05) is 31.3 Å². The molecule has 32 heavy (non-hydrogen) atoms. The van der Waals surface area contributed by atoms with E-state index in [-0.39, 0.29) is 29.7 Å². The lowest BCUT2D eigenvalue weighted by atomic mass is 9.64. The van der Waals surface area contributed by atoms with E-state index in [0.717, 1.165) is 38.8 Å². The minimum absolute atomic E-state index is 0.0346. The zero-order chi connectivity index (χ0) is 22.2. The minimum atomic E-state index is -0.655. The van der Waals surface area contributed by atoms with Crippen LogP contribution in [0.25, 0.3) is 0 Å². The molecule has 4 aliphatic rings. The van der Waals surface area contributed by atoms with Crippen molar-refractivity contribution in [3.8, 4) is 5.75 Å². The number of benzene rings is 1. The van der Waals surface area contributed by atoms with Crippen LogP contribution in [0.4, 0.5) is 20.5 Å². The summed E-state index contributed by atoms with van der Waals surface area (Å²) in [6, 6.07) is 3.30. The van der Waals surface area contributed by atoms with Crippen molar-refractivity contribution < 1.29 is 22.7 Å². The largest absolute Gasteiger partial charge is 0.487 e. The number of oxazole rings is 1. The van der Waals surface area contributed by atoms with Crippen LogP contribution in [0.1, 0.15) is 60.3 Å². The Labute approximate surface area is 186 Å². The van der Waals surface area contributed by atoms with Crippen LogP contribution in [-0.4, -0.2) is 36.8 Å². The van der Waals surface area contributed by atoms with Crippen LogP contribution in [0.15, 0.2) is 16.5 Å². The molecular formula is C24H29F2N3O3. The molecule has 6 rings (SSSR count). The van der Waals surface area contributed by atoms with E-state index in [1.54, 1.807) is 13.0 Å². The number of hydrogen-bond acceptors (Lipinski definition) is 5. The average molecular weight is 446 g/mol. The number of hydrogen-bond donors (Lipinski definition) is 1. The second-order valence-corrected chi connectivity index (χ2v) is 9.37. The Hall–Kier alpha value is -2.64. The van der Waals surface area contributed by atoms with Gasteiger partial charge in [0.1, 0.15) is 5.76 Å². The number of ether oxygens (including phenoxy) is 1. The molecule has 1 N–H and O–H groups in total. The van der Waals surface area contributed by atoms with Gasteiger partial charge in [0.25, 0.3) is 11.9 Å². The van der Waals surface area contributed by atoms with Gasteiger partial charge in [-0.2, -0.15) is 4.98 Å². The lowest BCUT2D eigenvalue weighted by Gasteiger charge is -2.45. The topological polar surface area (TPSA) is 67.6 Å². The summed E-state index contributed by atoms with van der Waals surface area (Å²) >= 11 is 0. The van der Waals surface area contributed by atoms with Crippen LogP contribution in [0.2, 0.25) is 0 Å². The quantitative estimate of drug-likeness (QED) is 0.646.